The molecular weight excluding hydrogens is 244 g/mol. The smallest absolute Gasteiger partial charge is 0.00779 e. The van der Waals surface area contributed by atoms with Crippen molar-refractivity contribution in [1.29, 1.82) is 0 Å². The van der Waals surface area contributed by atoms with E-state index in [0.717, 1.165) is 19.5 Å². The number of nitrogens with one attached hydrogen (secondary N) is 1. The molecule has 3 N–H and O–H groups in total. The summed E-state index contributed by atoms with van der Waals surface area (Å²) in [5.74, 6) is 0. The molecule has 1 aliphatic rings. The molecule has 2 nitrogen and oxygen atoms in total. The third kappa shape index (κ3) is 4.32. The molecule has 1 saturated carbocycles. The first-order chi connectivity index (χ1) is 9.42. The number of hydrogen-bond acceptors (Lipinski definition) is 2. The molecule has 2 atom stereocenters. The molecule has 0 bridgehead atoms. The standard InChI is InChI=1S/C18H30N2/c1-17(2)11-16(12-18(3,13-17)14-19)20-10-9-15-7-5-4-6-8-15/h4-8,16,20H,9-14,19H2,1-3H3. The second-order valence-corrected chi connectivity index (χ2v) is 7.65. The van der Waals surface area contributed by atoms with E-state index in [1.165, 1.54) is 24.8 Å². The van der Waals surface area contributed by atoms with Crippen LogP contribution in [0.2, 0.25) is 0 Å². The van der Waals surface area contributed by atoms with Gasteiger partial charge in [-0.15, -0.1) is 0 Å². The Hall–Kier alpha value is -0.860. The molecular formula is C18H30N2. The fourth-order valence-electron chi connectivity index (χ4n) is 4.00. The van der Waals surface area contributed by atoms with Crippen LogP contribution in [0.15, 0.2) is 30.3 Å². The minimum atomic E-state index is 0.298. The number of rotatable bonds is 5. The summed E-state index contributed by atoms with van der Waals surface area (Å²) in [6.45, 7) is 8.97. The Morgan fingerprint density at radius 2 is 1.85 bits per heavy atom. The van der Waals surface area contributed by atoms with Gasteiger partial charge in [0.1, 0.15) is 0 Å². The first kappa shape index (κ1) is 15.5. The van der Waals surface area contributed by atoms with Crippen molar-refractivity contribution < 1.29 is 0 Å². The van der Waals surface area contributed by atoms with Gasteiger partial charge in [-0.05, 0) is 55.2 Å². The summed E-state index contributed by atoms with van der Waals surface area (Å²) in [4.78, 5) is 0. The number of benzene rings is 1. The fraction of sp³-hybridized carbons (Fsp3) is 0.667. The van der Waals surface area contributed by atoms with Crippen molar-refractivity contribution >= 4 is 0 Å². The molecule has 0 aromatic heterocycles. The Balaban J connectivity index is 1.86. The van der Waals surface area contributed by atoms with Gasteiger partial charge in [-0.25, -0.2) is 0 Å². The lowest BCUT2D eigenvalue weighted by atomic mass is 9.62. The van der Waals surface area contributed by atoms with Crippen LogP contribution in [-0.4, -0.2) is 19.1 Å². The molecule has 1 aliphatic carbocycles. The summed E-state index contributed by atoms with van der Waals surface area (Å²) >= 11 is 0. The third-order valence-electron chi connectivity index (χ3n) is 4.63. The van der Waals surface area contributed by atoms with Gasteiger partial charge in [-0.1, -0.05) is 51.1 Å². The Kier molecular flexibility index (Phi) is 4.87. The zero-order chi connectivity index (χ0) is 14.6. The molecule has 1 aromatic carbocycles. The second-order valence-electron chi connectivity index (χ2n) is 7.65. The normalized spacial score (nSPS) is 29.3. The molecule has 0 radical (unpaired) electrons. The van der Waals surface area contributed by atoms with E-state index in [-0.39, 0.29) is 0 Å². The van der Waals surface area contributed by atoms with Crippen LogP contribution >= 0.6 is 0 Å². The summed E-state index contributed by atoms with van der Waals surface area (Å²) in [5, 5.41) is 3.76. The summed E-state index contributed by atoms with van der Waals surface area (Å²) in [6.07, 6.45) is 4.82. The predicted octanol–water partition coefficient (Wildman–Crippen LogP) is 3.36. The maximum atomic E-state index is 6.01. The van der Waals surface area contributed by atoms with Gasteiger partial charge in [0.2, 0.25) is 0 Å². The van der Waals surface area contributed by atoms with E-state index < -0.39 is 0 Å². The highest BCUT2D eigenvalue weighted by molar-refractivity contribution is 5.14. The highest BCUT2D eigenvalue weighted by Crippen LogP contribution is 2.45. The van der Waals surface area contributed by atoms with E-state index in [4.69, 9.17) is 5.73 Å². The van der Waals surface area contributed by atoms with Crippen LogP contribution in [0.25, 0.3) is 0 Å². The minimum Gasteiger partial charge on any atom is -0.330 e. The highest BCUT2D eigenvalue weighted by atomic mass is 14.9. The fourth-order valence-corrected chi connectivity index (χ4v) is 4.00. The lowest BCUT2D eigenvalue weighted by Gasteiger charge is -2.46. The largest absolute Gasteiger partial charge is 0.330 e. The first-order valence-corrected chi connectivity index (χ1v) is 7.90. The van der Waals surface area contributed by atoms with E-state index in [2.05, 4.69) is 56.4 Å². The van der Waals surface area contributed by atoms with Crippen LogP contribution < -0.4 is 11.1 Å². The molecule has 2 rings (SSSR count). The SMILES string of the molecule is CC1(C)CC(NCCc2ccccc2)CC(C)(CN)C1. The molecule has 0 amide bonds. The van der Waals surface area contributed by atoms with Crippen molar-refractivity contribution in [3.63, 3.8) is 0 Å². The predicted molar refractivity (Wildman–Crippen MR) is 86.7 cm³/mol. The van der Waals surface area contributed by atoms with Gasteiger partial charge in [0, 0.05) is 6.04 Å². The average molecular weight is 274 g/mol. The van der Waals surface area contributed by atoms with Gasteiger partial charge in [-0.2, -0.15) is 0 Å². The van der Waals surface area contributed by atoms with Crippen LogP contribution in [0.1, 0.15) is 45.6 Å². The third-order valence-corrected chi connectivity index (χ3v) is 4.63. The first-order valence-electron chi connectivity index (χ1n) is 7.90. The van der Waals surface area contributed by atoms with Gasteiger partial charge >= 0.3 is 0 Å². The molecule has 0 saturated heterocycles. The van der Waals surface area contributed by atoms with E-state index >= 15 is 0 Å². The van der Waals surface area contributed by atoms with E-state index in [0.29, 0.717) is 16.9 Å². The summed E-state index contributed by atoms with van der Waals surface area (Å²) in [5.41, 5.74) is 8.12. The van der Waals surface area contributed by atoms with Crippen LogP contribution in [0, 0.1) is 10.8 Å². The maximum Gasteiger partial charge on any atom is 0.00779 e. The van der Waals surface area contributed by atoms with Crippen molar-refractivity contribution in [2.24, 2.45) is 16.6 Å². The van der Waals surface area contributed by atoms with Gasteiger partial charge in [0.25, 0.3) is 0 Å². The van der Waals surface area contributed by atoms with Crippen LogP contribution in [0.4, 0.5) is 0 Å². The lowest BCUT2D eigenvalue weighted by molar-refractivity contribution is 0.0775. The van der Waals surface area contributed by atoms with E-state index in [9.17, 15) is 0 Å². The topological polar surface area (TPSA) is 38.0 Å². The molecule has 1 aromatic rings. The Morgan fingerprint density at radius 3 is 2.50 bits per heavy atom. The van der Waals surface area contributed by atoms with Crippen molar-refractivity contribution in [3.8, 4) is 0 Å². The van der Waals surface area contributed by atoms with Crippen LogP contribution in [0.5, 0.6) is 0 Å². The summed E-state index contributed by atoms with van der Waals surface area (Å²) in [6, 6.07) is 11.3. The molecule has 0 aliphatic heterocycles. The second kappa shape index (κ2) is 6.28. The monoisotopic (exact) mass is 274 g/mol. The van der Waals surface area contributed by atoms with Crippen LogP contribution in [-0.2, 0) is 6.42 Å². The highest BCUT2D eigenvalue weighted by Gasteiger charge is 2.40. The van der Waals surface area contributed by atoms with Gasteiger partial charge < -0.3 is 11.1 Å². The average Bonchev–Trinajstić information content (AvgIpc) is 2.38. The maximum absolute atomic E-state index is 6.01. The molecule has 2 unspecified atom stereocenters. The zero-order valence-corrected chi connectivity index (χ0v) is 13.3. The minimum absolute atomic E-state index is 0.298. The molecule has 1 fully saturated rings. The van der Waals surface area contributed by atoms with Crippen molar-refractivity contribution in [2.45, 2.75) is 52.5 Å². The quantitative estimate of drug-likeness (QED) is 0.864. The van der Waals surface area contributed by atoms with Crippen LogP contribution in [0.3, 0.4) is 0 Å². The lowest BCUT2D eigenvalue weighted by Crippen LogP contribution is -2.48. The van der Waals surface area contributed by atoms with E-state index in [1.54, 1.807) is 0 Å². The number of hydrogen-bond donors (Lipinski definition) is 2. The molecule has 112 valence electrons. The summed E-state index contributed by atoms with van der Waals surface area (Å²) in [7, 11) is 0. The Bertz CT molecular complexity index is 413. The molecule has 2 heteroatoms. The summed E-state index contributed by atoms with van der Waals surface area (Å²) < 4.78 is 0. The molecule has 0 heterocycles. The van der Waals surface area contributed by atoms with Gasteiger partial charge in [0.05, 0.1) is 0 Å². The zero-order valence-electron chi connectivity index (χ0n) is 13.3. The Morgan fingerprint density at radius 1 is 1.15 bits per heavy atom. The number of nitrogens with two attached hydrogens (primary N) is 1. The Labute approximate surface area is 124 Å². The van der Waals surface area contributed by atoms with Gasteiger partial charge in [-0.3, -0.25) is 0 Å². The van der Waals surface area contributed by atoms with Crippen molar-refractivity contribution in [2.75, 3.05) is 13.1 Å². The van der Waals surface area contributed by atoms with Crippen molar-refractivity contribution in [1.82, 2.24) is 5.32 Å². The molecule has 20 heavy (non-hydrogen) atoms. The van der Waals surface area contributed by atoms with E-state index in [1.807, 2.05) is 0 Å². The molecule has 0 spiro atoms. The van der Waals surface area contributed by atoms with Gasteiger partial charge in [0.15, 0.2) is 0 Å². The van der Waals surface area contributed by atoms with Crippen molar-refractivity contribution in [3.05, 3.63) is 35.9 Å².